The number of aryl methyl sites for hydroxylation is 3. The van der Waals surface area contributed by atoms with Crippen LogP contribution < -0.4 is 5.56 Å². The molecule has 28 heavy (non-hydrogen) atoms. The molecule has 0 atom stereocenters. The van der Waals surface area contributed by atoms with Crippen LogP contribution in [-0.4, -0.2) is 33.4 Å². The molecule has 1 N–H and O–H groups in total. The number of aromatic amines is 1. The molecule has 0 spiro atoms. The number of thiophene rings is 1. The summed E-state index contributed by atoms with van der Waals surface area (Å²) < 4.78 is 6.15. The zero-order valence-corrected chi connectivity index (χ0v) is 16.9. The molecule has 0 aliphatic heterocycles. The molecule has 3 heterocycles. The molecule has 7 nitrogen and oxygen atoms in total. The average Bonchev–Trinajstić information content (AvgIpc) is 3.21. The van der Waals surface area contributed by atoms with Crippen LogP contribution in [0.25, 0.3) is 10.2 Å². The standard InChI is InChI=1S/C20H21N3O4S/c1-10-15(20(26)27-3)11(2)22-17(10)13(24)8-23-9-21-18-16(19(23)25)12-6-4-5-7-14(12)28-18/h9,22H,4-8H2,1-3H3. The number of nitrogens with one attached hydrogen (secondary N) is 1. The van der Waals surface area contributed by atoms with Crippen LogP contribution in [0.4, 0.5) is 0 Å². The smallest absolute Gasteiger partial charge is 0.339 e. The van der Waals surface area contributed by atoms with Crippen molar-refractivity contribution >= 4 is 33.3 Å². The van der Waals surface area contributed by atoms with E-state index in [1.165, 1.54) is 22.9 Å². The molecule has 8 heteroatoms. The van der Waals surface area contributed by atoms with E-state index in [4.69, 9.17) is 4.74 Å². The molecule has 0 radical (unpaired) electrons. The summed E-state index contributed by atoms with van der Waals surface area (Å²) in [6.07, 6.45) is 5.54. The number of esters is 1. The van der Waals surface area contributed by atoms with Crippen LogP contribution in [-0.2, 0) is 24.1 Å². The first kappa shape index (κ1) is 18.6. The van der Waals surface area contributed by atoms with Crippen molar-refractivity contribution in [1.82, 2.24) is 14.5 Å². The lowest BCUT2D eigenvalue weighted by Crippen LogP contribution is -2.25. The maximum atomic E-state index is 13.0. The Morgan fingerprint density at radius 1 is 1.29 bits per heavy atom. The third kappa shape index (κ3) is 2.88. The van der Waals surface area contributed by atoms with Crippen molar-refractivity contribution < 1.29 is 14.3 Å². The summed E-state index contributed by atoms with van der Waals surface area (Å²) in [4.78, 5) is 47.2. The van der Waals surface area contributed by atoms with Crippen LogP contribution in [0.3, 0.4) is 0 Å². The highest BCUT2D eigenvalue weighted by Crippen LogP contribution is 2.33. The first-order valence-electron chi connectivity index (χ1n) is 9.22. The number of fused-ring (bicyclic) bond motifs is 3. The fraction of sp³-hybridized carbons (Fsp3) is 0.400. The zero-order valence-electron chi connectivity index (χ0n) is 16.0. The van der Waals surface area contributed by atoms with E-state index >= 15 is 0 Å². The summed E-state index contributed by atoms with van der Waals surface area (Å²) in [5, 5.41) is 0.657. The van der Waals surface area contributed by atoms with Crippen LogP contribution in [0.2, 0.25) is 0 Å². The summed E-state index contributed by atoms with van der Waals surface area (Å²) in [5.41, 5.74) is 2.71. The lowest BCUT2D eigenvalue weighted by molar-refractivity contribution is 0.0599. The third-order valence-corrected chi connectivity index (χ3v) is 6.56. The van der Waals surface area contributed by atoms with Crippen LogP contribution in [0.1, 0.15) is 55.4 Å². The van der Waals surface area contributed by atoms with Crippen LogP contribution in [0.5, 0.6) is 0 Å². The van der Waals surface area contributed by atoms with Crippen molar-refractivity contribution in [2.45, 2.75) is 46.1 Å². The quantitative estimate of drug-likeness (QED) is 0.538. The second-order valence-corrected chi connectivity index (χ2v) is 8.19. The molecule has 1 aliphatic rings. The molecule has 0 saturated heterocycles. The number of Topliss-reactive ketones (excluding diaryl/α,β-unsaturated/α-hetero) is 1. The molecule has 0 amide bonds. The van der Waals surface area contributed by atoms with Crippen LogP contribution in [0.15, 0.2) is 11.1 Å². The summed E-state index contributed by atoms with van der Waals surface area (Å²) >= 11 is 1.58. The first-order valence-corrected chi connectivity index (χ1v) is 10.0. The van der Waals surface area contributed by atoms with E-state index in [2.05, 4.69) is 9.97 Å². The number of hydrogen-bond acceptors (Lipinski definition) is 6. The Morgan fingerprint density at radius 3 is 2.79 bits per heavy atom. The van der Waals surface area contributed by atoms with Crippen molar-refractivity contribution in [1.29, 1.82) is 0 Å². The number of nitrogens with zero attached hydrogens (tertiary/aromatic N) is 2. The number of hydrogen-bond donors (Lipinski definition) is 1. The van der Waals surface area contributed by atoms with Crippen molar-refractivity contribution in [3.63, 3.8) is 0 Å². The summed E-state index contributed by atoms with van der Waals surface area (Å²) in [6, 6.07) is 0. The Labute approximate surface area is 165 Å². The summed E-state index contributed by atoms with van der Waals surface area (Å²) in [7, 11) is 1.30. The molecule has 146 valence electrons. The molecule has 0 unspecified atom stereocenters. The van der Waals surface area contributed by atoms with E-state index in [9.17, 15) is 14.4 Å². The van der Waals surface area contributed by atoms with Gasteiger partial charge >= 0.3 is 5.97 Å². The van der Waals surface area contributed by atoms with Gasteiger partial charge in [0.2, 0.25) is 0 Å². The lowest BCUT2D eigenvalue weighted by Gasteiger charge is -2.10. The Balaban J connectivity index is 1.71. The Kier molecular flexibility index (Phi) is 4.66. The first-order chi connectivity index (χ1) is 13.4. The average molecular weight is 399 g/mol. The van der Waals surface area contributed by atoms with E-state index in [-0.39, 0.29) is 17.9 Å². The predicted molar refractivity (Wildman–Crippen MR) is 106 cm³/mol. The van der Waals surface area contributed by atoms with Gasteiger partial charge in [0.05, 0.1) is 36.6 Å². The SMILES string of the molecule is COC(=O)c1c(C)[nH]c(C(=O)Cn2cnc3sc4c(c3c2=O)CCCC4)c1C. The van der Waals surface area contributed by atoms with Gasteiger partial charge in [-0.2, -0.15) is 0 Å². The largest absolute Gasteiger partial charge is 0.465 e. The highest BCUT2D eigenvalue weighted by molar-refractivity contribution is 7.18. The molecular formula is C20H21N3O4S. The second-order valence-electron chi connectivity index (χ2n) is 7.11. The van der Waals surface area contributed by atoms with E-state index in [1.54, 1.807) is 25.2 Å². The minimum absolute atomic E-state index is 0.131. The third-order valence-electron chi connectivity index (χ3n) is 5.36. The molecule has 0 saturated carbocycles. The van der Waals surface area contributed by atoms with E-state index < -0.39 is 5.97 Å². The Bertz CT molecular complexity index is 1170. The van der Waals surface area contributed by atoms with Crippen molar-refractivity contribution in [2.24, 2.45) is 0 Å². The number of ether oxygens (including phenoxy) is 1. The van der Waals surface area contributed by atoms with E-state index in [0.717, 1.165) is 36.1 Å². The Hall–Kier alpha value is -2.74. The fourth-order valence-electron chi connectivity index (χ4n) is 3.96. The number of rotatable bonds is 4. The van der Waals surface area contributed by atoms with Gasteiger partial charge in [-0.15, -0.1) is 11.3 Å². The fourth-order valence-corrected chi connectivity index (χ4v) is 5.18. The molecule has 4 rings (SSSR count). The molecule has 3 aromatic rings. The summed E-state index contributed by atoms with van der Waals surface area (Å²) in [5.74, 6) is -0.765. The van der Waals surface area contributed by atoms with Crippen molar-refractivity contribution in [3.05, 3.63) is 49.6 Å². The van der Waals surface area contributed by atoms with Gasteiger partial charge in [-0.25, -0.2) is 9.78 Å². The normalized spacial score (nSPS) is 13.5. The highest BCUT2D eigenvalue weighted by Gasteiger charge is 2.24. The minimum Gasteiger partial charge on any atom is -0.465 e. The lowest BCUT2D eigenvalue weighted by atomic mass is 9.97. The number of aromatic nitrogens is 3. The maximum absolute atomic E-state index is 13.0. The van der Waals surface area contributed by atoms with Gasteiger partial charge in [0.15, 0.2) is 5.78 Å². The van der Waals surface area contributed by atoms with Gasteiger partial charge in [0.25, 0.3) is 5.56 Å². The Morgan fingerprint density at radius 2 is 2.04 bits per heavy atom. The number of methoxy groups -OCH3 is 1. The summed E-state index contributed by atoms with van der Waals surface area (Å²) in [6.45, 7) is 3.28. The van der Waals surface area contributed by atoms with Gasteiger partial charge in [0.1, 0.15) is 4.83 Å². The molecule has 3 aromatic heterocycles. The van der Waals surface area contributed by atoms with E-state index in [1.807, 2.05) is 0 Å². The molecule has 0 fully saturated rings. The molecule has 1 aliphatic carbocycles. The van der Waals surface area contributed by atoms with Gasteiger partial charge < -0.3 is 9.72 Å². The molecule has 0 bridgehead atoms. The minimum atomic E-state index is -0.490. The van der Waals surface area contributed by atoms with Crippen molar-refractivity contribution in [2.75, 3.05) is 7.11 Å². The number of ketones is 1. The number of carbonyl (C=O) groups excluding carboxylic acids is 2. The topological polar surface area (TPSA) is 94.1 Å². The monoisotopic (exact) mass is 399 g/mol. The van der Waals surface area contributed by atoms with Crippen LogP contribution in [0, 0.1) is 13.8 Å². The predicted octanol–water partition coefficient (Wildman–Crippen LogP) is 2.95. The van der Waals surface area contributed by atoms with E-state index in [0.29, 0.717) is 27.9 Å². The number of H-pyrrole nitrogens is 1. The molecule has 0 aromatic carbocycles. The zero-order chi connectivity index (χ0) is 20.0. The maximum Gasteiger partial charge on any atom is 0.339 e. The van der Waals surface area contributed by atoms with Crippen molar-refractivity contribution in [3.8, 4) is 0 Å². The van der Waals surface area contributed by atoms with Gasteiger partial charge in [-0.05, 0) is 50.7 Å². The van der Waals surface area contributed by atoms with Gasteiger partial charge in [0, 0.05) is 10.6 Å². The highest BCUT2D eigenvalue weighted by atomic mass is 32.1. The van der Waals surface area contributed by atoms with Gasteiger partial charge in [-0.1, -0.05) is 0 Å². The number of carbonyl (C=O) groups is 2. The van der Waals surface area contributed by atoms with Gasteiger partial charge in [-0.3, -0.25) is 14.2 Å². The van der Waals surface area contributed by atoms with Crippen LogP contribution >= 0.6 is 11.3 Å². The second kappa shape index (κ2) is 7.01. The molecular weight excluding hydrogens is 378 g/mol.